The number of hydrogen-bond acceptors (Lipinski definition) is 6. The Labute approximate surface area is 138 Å². The van der Waals surface area contributed by atoms with E-state index >= 15 is 0 Å². The molecule has 0 radical (unpaired) electrons. The third kappa shape index (κ3) is 4.23. The summed E-state index contributed by atoms with van der Waals surface area (Å²) in [6.07, 6.45) is 5.53. The number of amides is 2. The predicted molar refractivity (Wildman–Crippen MR) is 86.3 cm³/mol. The van der Waals surface area contributed by atoms with Gasteiger partial charge in [0.1, 0.15) is 11.1 Å². The zero-order valence-electron chi connectivity index (χ0n) is 12.9. The second kappa shape index (κ2) is 7.47. The number of urea groups is 1. The van der Waals surface area contributed by atoms with Crippen LogP contribution in [-0.4, -0.2) is 52.1 Å². The van der Waals surface area contributed by atoms with Crippen LogP contribution in [0.1, 0.15) is 22.5 Å². The second-order valence-corrected chi connectivity index (χ2v) is 6.20. The number of hydrogen-bond donors (Lipinski definition) is 1. The van der Waals surface area contributed by atoms with Crippen LogP contribution in [0.2, 0.25) is 0 Å². The van der Waals surface area contributed by atoms with Gasteiger partial charge in [0.2, 0.25) is 0 Å². The van der Waals surface area contributed by atoms with Crippen LogP contribution < -0.4 is 5.32 Å². The van der Waals surface area contributed by atoms with Crippen molar-refractivity contribution in [2.24, 2.45) is 0 Å². The molecule has 2 amide bonds. The maximum atomic E-state index is 12.3. The highest BCUT2D eigenvalue weighted by molar-refractivity contribution is 7.09. The van der Waals surface area contributed by atoms with Gasteiger partial charge in [-0.2, -0.15) is 0 Å². The van der Waals surface area contributed by atoms with Crippen LogP contribution in [0.25, 0.3) is 0 Å². The smallest absolute Gasteiger partial charge is 0.317 e. The van der Waals surface area contributed by atoms with Crippen molar-refractivity contribution >= 4 is 17.4 Å². The molecule has 3 heterocycles. The summed E-state index contributed by atoms with van der Waals surface area (Å²) >= 11 is 1.58. The topological polar surface area (TPSA) is 80.2 Å². The predicted octanol–water partition coefficient (Wildman–Crippen LogP) is 1.57. The standard InChI is InChI=1S/C15H19N5O2S/c1-11-10-23-14(19-11)13-9-20(6-7-22-13)15(21)18-3-2-12-8-16-4-5-17-12/h4-5,8,10,13H,2-3,6-7,9H2,1H3,(H,18,21)/t13-/m0/s1. The molecule has 0 aliphatic carbocycles. The summed E-state index contributed by atoms with van der Waals surface area (Å²) in [7, 11) is 0. The van der Waals surface area contributed by atoms with Gasteiger partial charge in [0.15, 0.2) is 0 Å². The van der Waals surface area contributed by atoms with Crippen LogP contribution >= 0.6 is 11.3 Å². The summed E-state index contributed by atoms with van der Waals surface area (Å²) in [6, 6.07) is -0.0736. The Morgan fingerprint density at radius 1 is 1.52 bits per heavy atom. The highest BCUT2D eigenvalue weighted by Gasteiger charge is 2.27. The van der Waals surface area contributed by atoms with Crippen LogP contribution in [0.5, 0.6) is 0 Å². The monoisotopic (exact) mass is 333 g/mol. The van der Waals surface area contributed by atoms with Crippen molar-refractivity contribution in [2.75, 3.05) is 26.2 Å². The number of carbonyl (C=O) groups is 1. The largest absolute Gasteiger partial charge is 0.367 e. The van der Waals surface area contributed by atoms with E-state index in [4.69, 9.17) is 4.74 Å². The first kappa shape index (κ1) is 15.8. The van der Waals surface area contributed by atoms with Gasteiger partial charge in [-0.3, -0.25) is 9.97 Å². The molecule has 1 N–H and O–H groups in total. The fourth-order valence-electron chi connectivity index (χ4n) is 2.37. The minimum Gasteiger partial charge on any atom is -0.367 e. The average Bonchev–Trinajstić information content (AvgIpc) is 3.02. The summed E-state index contributed by atoms with van der Waals surface area (Å²) in [6.45, 7) is 4.15. The van der Waals surface area contributed by atoms with E-state index < -0.39 is 0 Å². The van der Waals surface area contributed by atoms with Crippen LogP contribution in [0.15, 0.2) is 24.0 Å². The SMILES string of the molecule is Cc1csc([C@@H]2CN(C(=O)NCCc3cnccn3)CCO2)n1. The molecule has 0 bridgehead atoms. The zero-order valence-corrected chi connectivity index (χ0v) is 13.8. The molecule has 2 aromatic rings. The number of morpholine rings is 1. The minimum absolute atomic E-state index is 0.0736. The fraction of sp³-hybridized carbons (Fsp3) is 0.467. The summed E-state index contributed by atoms with van der Waals surface area (Å²) < 4.78 is 5.74. The molecule has 122 valence electrons. The van der Waals surface area contributed by atoms with Crippen molar-refractivity contribution in [2.45, 2.75) is 19.4 Å². The van der Waals surface area contributed by atoms with Crippen LogP contribution in [0.3, 0.4) is 0 Å². The number of thiazole rings is 1. The van der Waals surface area contributed by atoms with E-state index in [1.54, 1.807) is 34.8 Å². The lowest BCUT2D eigenvalue weighted by Crippen LogP contribution is -2.47. The van der Waals surface area contributed by atoms with Crippen molar-refractivity contribution in [1.82, 2.24) is 25.2 Å². The Bertz CT molecular complexity index is 648. The first-order valence-corrected chi connectivity index (χ1v) is 8.41. The molecule has 0 unspecified atom stereocenters. The Hall–Kier alpha value is -2.06. The number of ether oxygens (including phenoxy) is 1. The van der Waals surface area contributed by atoms with Gasteiger partial charge in [0, 0.05) is 49.2 Å². The van der Waals surface area contributed by atoms with Crippen molar-refractivity contribution in [1.29, 1.82) is 0 Å². The Kier molecular flexibility index (Phi) is 5.14. The lowest BCUT2D eigenvalue weighted by molar-refractivity contribution is -0.0155. The van der Waals surface area contributed by atoms with Gasteiger partial charge in [0.05, 0.1) is 18.8 Å². The third-order valence-electron chi connectivity index (χ3n) is 3.54. The van der Waals surface area contributed by atoms with E-state index in [2.05, 4.69) is 20.3 Å². The van der Waals surface area contributed by atoms with E-state index in [1.165, 1.54) is 0 Å². The fourth-order valence-corrected chi connectivity index (χ4v) is 3.21. The second-order valence-electron chi connectivity index (χ2n) is 5.31. The van der Waals surface area contributed by atoms with E-state index in [-0.39, 0.29) is 12.1 Å². The normalized spacial score (nSPS) is 18.0. The summed E-state index contributed by atoms with van der Waals surface area (Å²) in [5, 5.41) is 5.85. The summed E-state index contributed by atoms with van der Waals surface area (Å²) in [4.78, 5) is 26.7. The van der Waals surface area contributed by atoms with E-state index in [0.717, 1.165) is 16.4 Å². The molecular formula is C15H19N5O2S. The number of rotatable bonds is 4. The molecule has 1 aliphatic rings. The number of nitrogens with zero attached hydrogens (tertiary/aromatic N) is 4. The highest BCUT2D eigenvalue weighted by atomic mass is 32.1. The third-order valence-corrected chi connectivity index (χ3v) is 4.59. The van der Waals surface area contributed by atoms with E-state index in [1.807, 2.05) is 12.3 Å². The molecule has 0 spiro atoms. The Morgan fingerprint density at radius 2 is 2.43 bits per heavy atom. The maximum Gasteiger partial charge on any atom is 0.317 e. The lowest BCUT2D eigenvalue weighted by atomic mass is 10.3. The quantitative estimate of drug-likeness (QED) is 0.918. The van der Waals surface area contributed by atoms with E-state index in [9.17, 15) is 4.79 Å². The van der Waals surface area contributed by atoms with E-state index in [0.29, 0.717) is 32.7 Å². The van der Waals surface area contributed by atoms with Gasteiger partial charge < -0.3 is 15.0 Å². The molecule has 8 heteroatoms. The van der Waals surface area contributed by atoms with Gasteiger partial charge in [-0.05, 0) is 6.92 Å². The Morgan fingerprint density at radius 3 is 3.17 bits per heavy atom. The molecular weight excluding hydrogens is 314 g/mol. The van der Waals surface area contributed by atoms with Crippen LogP contribution in [0, 0.1) is 6.92 Å². The van der Waals surface area contributed by atoms with Crippen LogP contribution in [0.4, 0.5) is 4.79 Å². The molecule has 7 nitrogen and oxygen atoms in total. The minimum atomic E-state index is -0.131. The molecule has 1 fully saturated rings. The van der Waals surface area contributed by atoms with Gasteiger partial charge in [-0.25, -0.2) is 9.78 Å². The summed E-state index contributed by atoms with van der Waals surface area (Å²) in [5.41, 5.74) is 1.85. The van der Waals surface area contributed by atoms with Gasteiger partial charge in [-0.1, -0.05) is 0 Å². The zero-order chi connectivity index (χ0) is 16.1. The van der Waals surface area contributed by atoms with Gasteiger partial charge >= 0.3 is 6.03 Å². The molecule has 1 atom stereocenters. The molecule has 1 aliphatic heterocycles. The van der Waals surface area contributed by atoms with Crippen LogP contribution in [-0.2, 0) is 11.2 Å². The average molecular weight is 333 g/mol. The molecule has 0 saturated carbocycles. The number of aromatic nitrogens is 3. The first-order valence-electron chi connectivity index (χ1n) is 7.53. The first-order chi connectivity index (χ1) is 11.2. The molecule has 3 rings (SSSR count). The molecule has 0 aromatic carbocycles. The number of aryl methyl sites for hydroxylation is 1. The Balaban J connectivity index is 1.49. The van der Waals surface area contributed by atoms with Crippen molar-refractivity contribution in [3.8, 4) is 0 Å². The van der Waals surface area contributed by atoms with Gasteiger partial charge in [-0.15, -0.1) is 11.3 Å². The van der Waals surface area contributed by atoms with Crippen molar-refractivity contribution in [3.63, 3.8) is 0 Å². The molecule has 2 aromatic heterocycles. The lowest BCUT2D eigenvalue weighted by Gasteiger charge is -2.32. The summed E-state index contributed by atoms with van der Waals surface area (Å²) in [5.74, 6) is 0. The highest BCUT2D eigenvalue weighted by Crippen LogP contribution is 2.25. The maximum absolute atomic E-state index is 12.3. The molecule has 23 heavy (non-hydrogen) atoms. The number of carbonyl (C=O) groups excluding carboxylic acids is 1. The molecule has 1 saturated heterocycles. The van der Waals surface area contributed by atoms with Crippen molar-refractivity contribution < 1.29 is 9.53 Å². The van der Waals surface area contributed by atoms with Gasteiger partial charge in [0.25, 0.3) is 0 Å². The van der Waals surface area contributed by atoms with Crippen molar-refractivity contribution in [3.05, 3.63) is 40.4 Å². The number of nitrogens with one attached hydrogen (secondary N) is 1.